The summed E-state index contributed by atoms with van der Waals surface area (Å²) >= 11 is 0. The van der Waals surface area contributed by atoms with Crippen LogP contribution in [0.3, 0.4) is 0 Å². The largest absolute Gasteiger partial charge is 0.366 e. The van der Waals surface area contributed by atoms with Crippen LogP contribution in [0.15, 0.2) is 46.4 Å². The Labute approximate surface area is 211 Å². The predicted molar refractivity (Wildman–Crippen MR) is 137 cm³/mol. The molecule has 4 aromatic rings. The van der Waals surface area contributed by atoms with Gasteiger partial charge >= 0.3 is 5.69 Å². The number of fused-ring (bicyclic) bond motifs is 1. The molecule has 0 aliphatic carbocycles. The summed E-state index contributed by atoms with van der Waals surface area (Å²) in [7, 11) is 2.88. The van der Waals surface area contributed by atoms with E-state index < -0.39 is 23.2 Å². The number of benzene rings is 1. The number of rotatable bonds is 5. The maximum atomic E-state index is 15.0. The second-order valence-electron chi connectivity index (χ2n) is 9.31. The quantitative estimate of drug-likeness (QED) is 0.441. The van der Waals surface area contributed by atoms with Gasteiger partial charge in [0.15, 0.2) is 17.0 Å². The smallest absolute Gasteiger partial charge is 0.332 e. The number of hydrogen-bond donors (Lipinski definition) is 1. The van der Waals surface area contributed by atoms with E-state index in [0.29, 0.717) is 11.3 Å². The summed E-state index contributed by atoms with van der Waals surface area (Å²) in [5.41, 5.74) is 0.316. The zero-order valence-electron chi connectivity index (χ0n) is 21.0. The van der Waals surface area contributed by atoms with Gasteiger partial charge in [0.2, 0.25) is 5.91 Å². The standard InChI is InChI=1S/C25H27FN8O3/c1-14-6-5-11-33(14)18-8-7-16(12-17(18)26)21-27-10-9-19(29-21)30-23(35)15(2)34-13-28-22-20(34)24(36)32(4)25(37)31(22)3/h7-10,12-15H,5-6,11H2,1-4H3,(H,27,29,30,35). The van der Waals surface area contributed by atoms with Gasteiger partial charge in [-0.15, -0.1) is 0 Å². The summed E-state index contributed by atoms with van der Waals surface area (Å²) < 4.78 is 18.6. The van der Waals surface area contributed by atoms with Gasteiger partial charge in [-0.3, -0.25) is 18.7 Å². The third-order valence-electron chi connectivity index (χ3n) is 6.95. The number of carbonyl (C=O) groups excluding carboxylic acids is 1. The fourth-order valence-electron chi connectivity index (χ4n) is 4.75. The number of aromatic nitrogens is 6. The first kappa shape index (κ1) is 24.3. The number of imidazole rings is 1. The molecule has 1 fully saturated rings. The number of nitrogens with one attached hydrogen (secondary N) is 1. The Kier molecular flexibility index (Phi) is 6.10. The first-order valence-electron chi connectivity index (χ1n) is 12.0. The summed E-state index contributed by atoms with van der Waals surface area (Å²) in [5.74, 6) is -0.308. The summed E-state index contributed by atoms with van der Waals surface area (Å²) in [6.45, 7) is 4.51. The number of hydrogen-bond acceptors (Lipinski definition) is 7. The molecule has 0 saturated carbocycles. The van der Waals surface area contributed by atoms with Gasteiger partial charge in [0, 0.05) is 38.4 Å². The van der Waals surface area contributed by atoms with Crippen LogP contribution in [0, 0.1) is 5.82 Å². The zero-order valence-corrected chi connectivity index (χ0v) is 21.0. The molecule has 0 bridgehead atoms. The van der Waals surface area contributed by atoms with Gasteiger partial charge in [0.25, 0.3) is 5.56 Å². The lowest BCUT2D eigenvalue weighted by Gasteiger charge is -2.24. The molecule has 1 N–H and O–H groups in total. The van der Waals surface area contributed by atoms with E-state index in [9.17, 15) is 18.8 Å². The summed E-state index contributed by atoms with van der Waals surface area (Å²) in [5, 5.41) is 2.72. The molecule has 11 nitrogen and oxygen atoms in total. The van der Waals surface area contributed by atoms with E-state index in [1.165, 1.54) is 47.9 Å². The normalized spacial score (nSPS) is 16.4. The summed E-state index contributed by atoms with van der Waals surface area (Å²) in [6, 6.07) is 5.88. The minimum absolute atomic E-state index is 0.138. The second-order valence-corrected chi connectivity index (χ2v) is 9.31. The number of anilines is 2. The van der Waals surface area contributed by atoms with Gasteiger partial charge in [0.05, 0.1) is 12.0 Å². The lowest BCUT2D eigenvalue weighted by Crippen LogP contribution is -2.38. The SMILES string of the molecule is CC1CCCN1c1ccc(-c2nccc(NC(=O)C(C)n3cnc4c3c(=O)n(C)c(=O)n4C)n2)cc1F. The van der Waals surface area contributed by atoms with Crippen molar-refractivity contribution >= 4 is 28.6 Å². The topological polar surface area (TPSA) is 120 Å². The molecule has 1 aliphatic rings. The molecule has 5 rings (SSSR count). The van der Waals surface area contributed by atoms with E-state index in [0.717, 1.165) is 24.0 Å². The van der Waals surface area contributed by atoms with Gasteiger partial charge in [-0.25, -0.2) is 24.1 Å². The monoisotopic (exact) mass is 506 g/mol. The van der Waals surface area contributed by atoms with Crippen LogP contribution in [-0.2, 0) is 18.9 Å². The molecule has 37 heavy (non-hydrogen) atoms. The average molecular weight is 507 g/mol. The van der Waals surface area contributed by atoms with Crippen molar-refractivity contribution in [3.8, 4) is 11.4 Å². The predicted octanol–water partition coefficient (Wildman–Crippen LogP) is 2.22. The first-order chi connectivity index (χ1) is 17.7. The van der Waals surface area contributed by atoms with Crippen molar-refractivity contribution in [2.75, 3.05) is 16.8 Å². The lowest BCUT2D eigenvalue weighted by atomic mass is 10.1. The van der Waals surface area contributed by atoms with Crippen LogP contribution in [0.5, 0.6) is 0 Å². The highest BCUT2D eigenvalue weighted by atomic mass is 19.1. The third-order valence-corrected chi connectivity index (χ3v) is 6.95. The summed E-state index contributed by atoms with van der Waals surface area (Å²) in [4.78, 5) is 52.8. The highest BCUT2D eigenvalue weighted by Crippen LogP contribution is 2.30. The van der Waals surface area contributed by atoms with Crippen molar-refractivity contribution in [2.24, 2.45) is 14.1 Å². The van der Waals surface area contributed by atoms with Crippen molar-refractivity contribution in [3.05, 3.63) is 63.4 Å². The minimum atomic E-state index is -0.840. The lowest BCUT2D eigenvalue weighted by molar-refractivity contribution is -0.118. The first-order valence-corrected chi connectivity index (χ1v) is 12.0. The van der Waals surface area contributed by atoms with Crippen molar-refractivity contribution in [2.45, 2.75) is 38.8 Å². The molecule has 1 amide bonds. The molecule has 2 atom stereocenters. The molecule has 12 heteroatoms. The molecular formula is C25H27FN8O3. The van der Waals surface area contributed by atoms with E-state index in [1.807, 2.05) is 0 Å². The third kappa shape index (κ3) is 4.17. The van der Waals surface area contributed by atoms with Crippen molar-refractivity contribution < 1.29 is 9.18 Å². The fourth-order valence-corrected chi connectivity index (χ4v) is 4.75. The Morgan fingerprint density at radius 3 is 2.65 bits per heavy atom. The van der Waals surface area contributed by atoms with Crippen molar-refractivity contribution in [1.82, 2.24) is 28.7 Å². The van der Waals surface area contributed by atoms with Gasteiger partial charge in [-0.05, 0) is 51.0 Å². The average Bonchev–Trinajstić information content (AvgIpc) is 3.52. The molecule has 1 aliphatic heterocycles. The Balaban J connectivity index is 1.39. The van der Waals surface area contributed by atoms with E-state index in [4.69, 9.17) is 0 Å². The second kappa shape index (κ2) is 9.26. The molecule has 3 aromatic heterocycles. The van der Waals surface area contributed by atoms with Gasteiger partial charge in [-0.1, -0.05) is 0 Å². The van der Waals surface area contributed by atoms with Gasteiger partial charge < -0.3 is 14.8 Å². The van der Waals surface area contributed by atoms with Crippen molar-refractivity contribution in [3.63, 3.8) is 0 Å². The van der Waals surface area contributed by atoms with Gasteiger partial charge in [0.1, 0.15) is 17.7 Å². The highest BCUT2D eigenvalue weighted by Gasteiger charge is 2.24. The van der Waals surface area contributed by atoms with Crippen LogP contribution in [0.25, 0.3) is 22.6 Å². The molecule has 0 spiro atoms. The van der Waals surface area contributed by atoms with Gasteiger partial charge in [-0.2, -0.15) is 0 Å². The number of carbonyl (C=O) groups is 1. The Bertz CT molecular complexity index is 1640. The molecule has 2 unspecified atom stereocenters. The Hall–Kier alpha value is -4.35. The minimum Gasteiger partial charge on any atom is -0.366 e. The van der Waals surface area contributed by atoms with Crippen LogP contribution in [0.2, 0.25) is 0 Å². The van der Waals surface area contributed by atoms with Crippen LogP contribution in [-0.4, -0.2) is 47.1 Å². The Morgan fingerprint density at radius 1 is 1.16 bits per heavy atom. The van der Waals surface area contributed by atoms with E-state index in [1.54, 1.807) is 19.1 Å². The van der Waals surface area contributed by atoms with Crippen molar-refractivity contribution in [1.29, 1.82) is 0 Å². The molecule has 192 valence electrons. The maximum Gasteiger partial charge on any atom is 0.332 e. The fraction of sp³-hybridized carbons (Fsp3) is 0.360. The Morgan fingerprint density at radius 2 is 1.95 bits per heavy atom. The molecule has 1 saturated heterocycles. The van der Waals surface area contributed by atoms with Crippen LogP contribution < -0.4 is 21.5 Å². The molecular weight excluding hydrogens is 479 g/mol. The number of aryl methyl sites for hydroxylation is 1. The van der Waals surface area contributed by atoms with E-state index in [-0.39, 0.29) is 34.7 Å². The van der Waals surface area contributed by atoms with Crippen LogP contribution in [0.1, 0.15) is 32.7 Å². The number of halogens is 1. The molecule has 0 radical (unpaired) electrons. The van der Waals surface area contributed by atoms with Crippen LogP contribution in [0.4, 0.5) is 15.9 Å². The van der Waals surface area contributed by atoms with E-state index in [2.05, 4.69) is 32.1 Å². The van der Waals surface area contributed by atoms with Crippen LogP contribution >= 0.6 is 0 Å². The maximum absolute atomic E-state index is 15.0. The molecule has 1 aromatic carbocycles. The zero-order chi connectivity index (χ0) is 26.4. The highest BCUT2D eigenvalue weighted by molar-refractivity contribution is 5.93. The molecule has 4 heterocycles. The van der Waals surface area contributed by atoms with E-state index >= 15 is 0 Å². The number of amides is 1. The summed E-state index contributed by atoms with van der Waals surface area (Å²) in [6.07, 6.45) is 4.90. The number of nitrogens with zero attached hydrogens (tertiary/aromatic N) is 7.